The standard InChI is InChI=1S/C27H25NO5/c1-30-17-12-19-24(23(13-17)33-4)18-14-20(29)25-21(31-2)10-11-22(32-3)26(25)27(18)28(19)15-16-8-6-5-7-9-16/h5-14,29H,15H2,1-4H3. The summed E-state index contributed by atoms with van der Waals surface area (Å²) < 4.78 is 24.9. The molecule has 4 aromatic carbocycles. The molecule has 1 heterocycles. The van der Waals surface area contributed by atoms with Gasteiger partial charge in [-0.25, -0.2) is 0 Å². The van der Waals surface area contributed by atoms with Crippen LogP contribution in [0.4, 0.5) is 0 Å². The Morgan fingerprint density at radius 1 is 0.697 bits per heavy atom. The molecule has 33 heavy (non-hydrogen) atoms. The number of methoxy groups -OCH3 is 4. The lowest BCUT2D eigenvalue weighted by Gasteiger charge is -2.15. The average molecular weight is 443 g/mol. The van der Waals surface area contributed by atoms with Gasteiger partial charge in [-0.05, 0) is 23.8 Å². The molecule has 1 N–H and O–H groups in total. The van der Waals surface area contributed by atoms with Crippen molar-refractivity contribution in [2.45, 2.75) is 6.54 Å². The molecule has 6 heteroatoms. The molecule has 5 rings (SSSR count). The second-order valence-corrected chi connectivity index (χ2v) is 7.81. The number of rotatable bonds is 6. The van der Waals surface area contributed by atoms with E-state index in [-0.39, 0.29) is 5.75 Å². The Balaban J connectivity index is 2.04. The fourth-order valence-corrected chi connectivity index (χ4v) is 4.67. The number of aromatic nitrogens is 1. The molecule has 0 radical (unpaired) electrons. The van der Waals surface area contributed by atoms with Crippen molar-refractivity contribution in [1.82, 2.24) is 4.57 Å². The third-order valence-electron chi connectivity index (χ3n) is 6.12. The van der Waals surface area contributed by atoms with Gasteiger partial charge >= 0.3 is 0 Å². The van der Waals surface area contributed by atoms with E-state index in [9.17, 15) is 5.11 Å². The summed E-state index contributed by atoms with van der Waals surface area (Å²) in [6.45, 7) is 0.609. The molecule has 0 aliphatic rings. The van der Waals surface area contributed by atoms with Crippen LogP contribution in [0.3, 0.4) is 0 Å². The smallest absolute Gasteiger partial charge is 0.132 e. The number of benzene rings is 4. The number of nitrogens with zero attached hydrogens (tertiary/aromatic N) is 1. The summed E-state index contributed by atoms with van der Waals surface area (Å²) in [7, 11) is 6.50. The molecule has 0 saturated carbocycles. The fraction of sp³-hybridized carbons (Fsp3) is 0.185. The van der Waals surface area contributed by atoms with Crippen LogP contribution >= 0.6 is 0 Å². The molecule has 0 spiro atoms. The Hall–Kier alpha value is -4.06. The van der Waals surface area contributed by atoms with Gasteiger partial charge in [0.25, 0.3) is 0 Å². The quantitative estimate of drug-likeness (QED) is 0.363. The molecule has 1 aromatic heterocycles. The summed E-state index contributed by atoms with van der Waals surface area (Å²) in [5, 5.41) is 14.2. The highest BCUT2D eigenvalue weighted by molar-refractivity contribution is 6.23. The molecule has 0 aliphatic heterocycles. The monoisotopic (exact) mass is 443 g/mol. The highest BCUT2D eigenvalue weighted by Gasteiger charge is 2.24. The lowest BCUT2D eigenvalue weighted by atomic mass is 10.0. The number of aromatic hydroxyl groups is 1. The first-order chi connectivity index (χ1) is 16.1. The summed E-state index contributed by atoms with van der Waals surface area (Å²) in [6.07, 6.45) is 0. The Labute approximate surface area is 191 Å². The van der Waals surface area contributed by atoms with Crippen LogP contribution in [0.1, 0.15) is 5.56 Å². The lowest BCUT2D eigenvalue weighted by Crippen LogP contribution is -2.01. The summed E-state index contributed by atoms with van der Waals surface area (Å²) in [5.41, 5.74) is 2.99. The van der Waals surface area contributed by atoms with Gasteiger partial charge in [-0.2, -0.15) is 0 Å². The van der Waals surface area contributed by atoms with Crippen LogP contribution < -0.4 is 18.9 Å². The van der Waals surface area contributed by atoms with Crippen LogP contribution in [-0.2, 0) is 6.54 Å². The van der Waals surface area contributed by atoms with Crippen molar-refractivity contribution >= 4 is 32.6 Å². The largest absolute Gasteiger partial charge is 0.507 e. The van der Waals surface area contributed by atoms with Gasteiger partial charge in [-0.15, -0.1) is 0 Å². The molecule has 0 unspecified atom stereocenters. The Bertz CT molecular complexity index is 1490. The molecule has 0 fully saturated rings. The van der Waals surface area contributed by atoms with Crippen molar-refractivity contribution in [2.75, 3.05) is 28.4 Å². The highest BCUT2D eigenvalue weighted by Crippen LogP contribution is 2.48. The number of hydrogen-bond acceptors (Lipinski definition) is 5. The van der Waals surface area contributed by atoms with Crippen LogP contribution in [-0.4, -0.2) is 38.1 Å². The second kappa shape index (κ2) is 8.13. The van der Waals surface area contributed by atoms with Crippen molar-refractivity contribution < 1.29 is 24.1 Å². The van der Waals surface area contributed by atoms with E-state index < -0.39 is 0 Å². The average Bonchev–Trinajstić information content (AvgIpc) is 3.16. The van der Waals surface area contributed by atoms with Crippen molar-refractivity contribution in [3.05, 3.63) is 66.2 Å². The summed E-state index contributed by atoms with van der Waals surface area (Å²) in [5.74, 6) is 2.70. The minimum Gasteiger partial charge on any atom is -0.507 e. The van der Waals surface area contributed by atoms with Gasteiger partial charge in [0, 0.05) is 24.1 Å². The fourth-order valence-electron chi connectivity index (χ4n) is 4.67. The van der Waals surface area contributed by atoms with Crippen LogP contribution in [0.2, 0.25) is 0 Å². The molecule has 0 atom stereocenters. The van der Waals surface area contributed by atoms with Gasteiger partial charge in [0.2, 0.25) is 0 Å². The minimum absolute atomic E-state index is 0.116. The van der Waals surface area contributed by atoms with Gasteiger partial charge in [0.15, 0.2) is 0 Å². The maximum Gasteiger partial charge on any atom is 0.132 e. The predicted octanol–water partition coefficient (Wildman–Crippen LogP) is 5.74. The Morgan fingerprint density at radius 2 is 1.36 bits per heavy atom. The number of hydrogen-bond donors (Lipinski definition) is 1. The van der Waals surface area contributed by atoms with E-state index in [1.165, 1.54) is 0 Å². The number of fused-ring (bicyclic) bond motifs is 5. The molecule has 0 saturated heterocycles. The Morgan fingerprint density at radius 3 is 2.00 bits per heavy atom. The van der Waals surface area contributed by atoms with Crippen LogP contribution in [0.25, 0.3) is 32.6 Å². The van der Waals surface area contributed by atoms with Gasteiger partial charge in [0.1, 0.15) is 28.7 Å². The van der Waals surface area contributed by atoms with Crippen molar-refractivity contribution in [3.63, 3.8) is 0 Å². The van der Waals surface area contributed by atoms with Crippen LogP contribution in [0.5, 0.6) is 28.7 Å². The number of phenols is 1. The van der Waals surface area contributed by atoms with E-state index in [0.29, 0.717) is 34.9 Å². The molecule has 5 aromatic rings. The van der Waals surface area contributed by atoms with E-state index in [0.717, 1.165) is 32.8 Å². The molecular weight excluding hydrogens is 418 g/mol. The normalized spacial score (nSPS) is 11.3. The third-order valence-corrected chi connectivity index (χ3v) is 6.12. The zero-order chi connectivity index (χ0) is 23.1. The van der Waals surface area contributed by atoms with Gasteiger partial charge in [-0.3, -0.25) is 0 Å². The van der Waals surface area contributed by atoms with E-state index in [2.05, 4.69) is 16.7 Å². The summed E-state index contributed by atoms with van der Waals surface area (Å²) >= 11 is 0. The van der Waals surface area contributed by atoms with Crippen LogP contribution in [0, 0.1) is 0 Å². The SMILES string of the molecule is COc1cc(OC)c2c3cc(O)c4c(OC)ccc(OC)c4c3n(Cc3ccccc3)c2c1. The summed E-state index contributed by atoms with van der Waals surface area (Å²) in [6, 6.07) is 19.5. The van der Waals surface area contributed by atoms with E-state index in [1.807, 2.05) is 36.4 Å². The van der Waals surface area contributed by atoms with E-state index in [4.69, 9.17) is 18.9 Å². The van der Waals surface area contributed by atoms with E-state index >= 15 is 0 Å². The zero-order valence-electron chi connectivity index (χ0n) is 19.0. The topological polar surface area (TPSA) is 62.1 Å². The first-order valence-electron chi connectivity index (χ1n) is 10.6. The van der Waals surface area contributed by atoms with Gasteiger partial charge in [0.05, 0.1) is 55.6 Å². The van der Waals surface area contributed by atoms with Gasteiger partial charge in [-0.1, -0.05) is 30.3 Å². The summed E-state index contributed by atoms with van der Waals surface area (Å²) in [4.78, 5) is 0. The molecule has 0 aliphatic carbocycles. The number of phenolic OH excluding ortho intramolecular Hbond substituents is 1. The maximum atomic E-state index is 11.1. The highest BCUT2D eigenvalue weighted by atomic mass is 16.5. The third kappa shape index (κ3) is 3.18. The maximum absolute atomic E-state index is 11.1. The second-order valence-electron chi connectivity index (χ2n) is 7.81. The predicted molar refractivity (Wildman–Crippen MR) is 130 cm³/mol. The molecule has 168 valence electrons. The van der Waals surface area contributed by atoms with Gasteiger partial charge < -0.3 is 28.6 Å². The molecular formula is C27H25NO5. The van der Waals surface area contributed by atoms with Crippen molar-refractivity contribution in [3.8, 4) is 28.7 Å². The molecule has 6 nitrogen and oxygen atoms in total. The number of ether oxygens (including phenoxy) is 4. The zero-order valence-corrected chi connectivity index (χ0v) is 19.0. The van der Waals surface area contributed by atoms with E-state index in [1.54, 1.807) is 40.6 Å². The van der Waals surface area contributed by atoms with Crippen molar-refractivity contribution in [1.29, 1.82) is 0 Å². The van der Waals surface area contributed by atoms with Crippen molar-refractivity contribution in [2.24, 2.45) is 0 Å². The Kier molecular flexibility index (Phi) is 5.13. The minimum atomic E-state index is 0.116. The van der Waals surface area contributed by atoms with Crippen LogP contribution in [0.15, 0.2) is 60.7 Å². The molecule has 0 bridgehead atoms. The first kappa shape index (κ1) is 20.8. The lowest BCUT2D eigenvalue weighted by molar-refractivity contribution is 0.398. The molecule has 0 amide bonds. The first-order valence-corrected chi connectivity index (χ1v) is 10.6.